The van der Waals surface area contributed by atoms with Gasteiger partial charge < -0.3 is 4.74 Å². The molecule has 1 heterocycles. The van der Waals surface area contributed by atoms with Gasteiger partial charge in [-0.3, -0.25) is 9.78 Å². The minimum Gasteiger partial charge on any atom is -0.465 e. The molecule has 15 heavy (non-hydrogen) atoms. The molecule has 1 aromatic carbocycles. The molecule has 0 spiro atoms. The van der Waals surface area contributed by atoms with Crippen LogP contribution in [0.3, 0.4) is 0 Å². The lowest BCUT2D eigenvalue weighted by Gasteiger charge is -2.02. The largest absolute Gasteiger partial charge is 0.465 e. The Bertz CT molecular complexity index is 551. The summed E-state index contributed by atoms with van der Waals surface area (Å²) in [5.41, 5.74) is 0.315. The van der Waals surface area contributed by atoms with Crippen molar-refractivity contribution in [3.63, 3.8) is 0 Å². The molecule has 4 nitrogen and oxygen atoms in total. The molecule has 5 heteroatoms. The molecule has 0 radical (unpaired) electrons. The zero-order chi connectivity index (χ0) is 10.8. The summed E-state index contributed by atoms with van der Waals surface area (Å²) in [4.78, 5) is 18.2. The van der Waals surface area contributed by atoms with Crippen LogP contribution in [0.4, 0.5) is 0 Å². The summed E-state index contributed by atoms with van der Waals surface area (Å²) in [7, 11) is 0. The van der Waals surface area contributed by atoms with Crippen molar-refractivity contribution in [2.75, 3.05) is 6.61 Å². The fraction of sp³-hybridized carbons (Fsp3) is 0.200. The molecule has 1 N–H and O–H groups in total. The maximum atomic E-state index is 11.6. The van der Waals surface area contributed by atoms with E-state index in [1.54, 1.807) is 18.2 Å². The third-order valence-electron chi connectivity index (χ3n) is 1.93. The molecule has 0 saturated heterocycles. The highest BCUT2D eigenvalue weighted by atomic mass is 35.5. The van der Waals surface area contributed by atoms with Gasteiger partial charge in [0, 0.05) is 5.02 Å². The Morgan fingerprint density at radius 1 is 1.53 bits per heavy atom. The number of aromatic nitrogens is 2. The van der Waals surface area contributed by atoms with Gasteiger partial charge in [-0.15, -0.1) is 0 Å². The molecule has 0 fully saturated rings. The van der Waals surface area contributed by atoms with Gasteiger partial charge in [0.1, 0.15) is 0 Å². The van der Waals surface area contributed by atoms with E-state index in [9.17, 15) is 4.79 Å². The highest BCUT2D eigenvalue weighted by Crippen LogP contribution is 2.15. The highest BCUT2D eigenvalue weighted by molar-refractivity contribution is 6.31. The van der Waals surface area contributed by atoms with Gasteiger partial charge in [0.2, 0.25) is 0 Å². The van der Waals surface area contributed by atoms with E-state index in [1.807, 2.05) is 6.92 Å². The SMILES string of the molecule is CCOc1nc2cc(Cl)ccc2c(=O)[nH]1. The zero-order valence-electron chi connectivity index (χ0n) is 8.08. The van der Waals surface area contributed by atoms with E-state index >= 15 is 0 Å². The van der Waals surface area contributed by atoms with E-state index in [1.165, 1.54) is 0 Å². The Hall–Kier alpha value is -1.55. The molecule has 0 aliphatic heterocycles. The number of H-pyrrole nitrogens is 1. The second kappa shape index (κ2) is 3.90. The van der Waals surface area contributed by atoms with Crippen molar-refractivity contribution in [2.24, 2.45) is 0 Å². The second-order valence-electron chi connectivity index (χ2n) is 2.97. The lowest BCUT2D eigenvalue weighted by Crippen LogP contribution is -2.10. The van der Waals surface area contributed by atoms with Crippen LogP contribution in [0.25, 0.3) is 10.9 Å². The number of nitrogens with zero attached hydrogens (tertiary/aromatic N) is 1. The van der Waals surface area contributed by atoms with E-state index in [4.69, 9.17) is 16.3 Å². The van der Waals surface area contributed by atoms with Gasteiger partial charge >= 0.3 is 0 Å². The van der Waals surface area contributed by atoms with Crippen LogP contribution in [0.5, 0.6) is 6.01 Å². The number of nitrogens with one attached hydrogen (secondary N) is 1. The molecular formula is C10H9ClN2O2. The van der Waals surface area contributed by atoms with E-state index < -0.39 is 0 Å². The summed E-state index contributed by atoms with van der Waals surface area (Å²) < 4.78 is 5.12. The van der Waals surface area contributed by atoms with Crippen LogP contribution in [0.1, 0.15) is 6.92 Å². The third kappa shape index (κ3) is 1.94. The Labute approximate surface area is 90.9 Å². The van der Waals surface area contributed by atoms with E-state index in [-0.39, 0.29) is 11.6 Å². The molecule has 0 atom stereocenters. The standard InChI is InChI=1S/C10H9ClN2O2/c1-2-15-10-12-8-5-6(11)3-4-7(8)9(14)13-10/h3-5H,2H2,1H3,(H,12,13,14). The average molecular weight is 225 g/mol. The fourth-order valence-electron chi connectivity index (χ4n) is 1.30. The van der Waals surface area contributed by atoms with Crippen LogP contribution in [0.2, 0.25) is 5.02 Å². The van der Waals surface area contributed by atoms with Crippen LogP contribution < -0.4 is 10.3 Å². The van der Waals surface area contributed by atoms with Crippen LogP contribution in [0.15, 0.2) is 23.0 Å². The van der Waals surface area contributed by atoms with Crippen molar-refractivity contribution in [1.29, 1.82) is 0 Å². The normalized spacial score (nSPS) is 10.5. The molecule has 78 valence electrons. The lowest BCUT2D eigenvalue weighted by atomic mass is 10.2. The minimum absolute atomic E-state index is 0.220. The van der Waals surface area contributed by atoms with Crippen LogP contribution in [-0.2, 0) is 0 Å². The topological polar surface area (TPSA) is 55.0 Å². The molecule has 0 unspecified atom stereocenters. The number of hydrogen-bond donors (Lipinski definition) is 1. The predicted molar refractivity (Wildman–Crippen MR) is 58.5 cm³/mol. The first-order chi connectivity index (χ1) is 7.20. The van der Waals surface area contributed by atoms with Gasteiger partial charge in [-0.25, -0.2) is 0 Å². The van der Waals surface area contributed by atoms with Crippen molar-refractivity contribution >= 4 is 22.5 Å². The van der Waals surface area contributed by atoms with Crippen molar-refractivity contribution in [3.8, 4) is 6.01 Å². The fourth-order valence-corrected chi connectivity index (χ4v) is 1.46. The van der Waals surface area contributed by atoms with E-state index in [2.05, 4.69) is 9.97 Å². The van der Waals surface area contributed by atoms with Crippen molar-refractivity contribution in [1.82, 2.24) is 9.97 Å². The number of halogens is 1. The quantitative estimate of drug-likeness (QED) is 0.849. The van der Waals surface area contributed by atoms with Crippen LogP contribution in [-0.4, -0.2) is 16.6 Å². The van der Waals surface area contributed by atoms with Gasteiger partial charge in [0.25, 0.3) is 11.6 Å². The van der Waals surface area contributed by atoms with Gasteiger partial charge in [-0.2, -0.15) is 4.98 Å². The Morgan fingerprint density at radius 3 is 3.07 bits per heavy atom. The highest BCUT2D eigenvalue weighted by Gasteiger charge is 2.04. The van der Waals surface area contributed by atoms with E-state index in [0.29, 0.717) is 22.5 Å². The summed E-state index contributed by atoms with van der Waals surface area (Å²) in [6.07, 6.45) is 0. The van der Waals surface area contributed by atoms with Crippen molar-refractivity contribution in [3.05, 3.63) is 33.6 Å². The maximum Gasteiger partial charge on any atom is 0.296 e. The molecule has 0 aliphatic carbocycles. The van der Waals surface area contributed by atoms with Gasteiger partial charge in [0.05, 0.1) is 17.5 Å². The average Bonchev–Trinajstić information content (AvgIpc) is 2.17. The summed E-state index contributed by atoms with van der Waals surface area (Å²) in [6.45, 7) is 2.27. The molecule has 0 amide bonds. The maximum absolute atomic E-state index is 11.6. The molecule has 2 rings (SSSR count). The number of hydrogen-bond acceptors (Lipinski definition) is 3. The number of rotatable bonds is 2. The molecule has 0 aliphatic rings. The molecule has 2 aromatic rings. The summed E-state index contributed by atoms with van der Waals surface area (Å²) >= 11 is 5.81. The van der Waals surface area contributed by atoms with Gasteiger partial charge in [0.15, 0.2) is 0 Å². The van der Waals surface area contributed by atoms with Crippen molar-refractivity contribution < 1.29 is 4.74 Å². The smallest absolute Gasteiger partial charge is 0.296 e. The number of benzene rings is 1. The predicted octanol–water partition coefficient (Wildman–Crippen LogP) is 1.98. The Balaban J connectivity index is 2.68. The number of aromatic amines is 1. The third-order valence-corrected chi connectivity index (χ3v) is 2.16. The zero-order valence-corrected chi connectivity index (χ0v) is 8.84. The first kappa shape index (κ1) is 9.98. The summed E-state index contributed by atoms with van der Waals surface area (Å²) in [6, 6.07) is 5.15. The Kier molecular flexibility index (Phi) is 2.60. The molecule has 1 aromatic heterocycles. The van der Waals surface area contributed by atoms with Crippen molar-refractivity contribution in [2.45, 2.75) is 6.92 Å². The molecule has 0 saturated carbocycles. The first-order valence-electron chi connectivity index (χ1n) is 4.53. The molecule has 0 bridgehead atoms. The molecular weight excluding hydrogens is 216 g/mol. The Morgan fingerprint density at radius 2 is 2.33 bits per heavy atom. The second-order valence-corrected chi connectivity index (χ2v) is 3.40. The van der Waals surface area contributed by atoms with Gasteiger partial charge in [-0.05, 0) is 25.1 Å². The lowest BCUT2D eigenvalue weighted by molar-refractivity contribution is 0.313. The monoisotopic (exact) mass is 224 g/mol. The first-order valence-corrected chi connectivity index (χ1v) is 4.91. The minimum atomic E-state index is -0.222. The van der Waals surface area contributed by atoms with Gasteiger partial charge in [-0.1, -0.05) is 11.6 Å². The number of ether oxygens (including phenoxy) is 1. The number of fused-ring (bicyclic) bond motifs is 1. The summed E-state index contributed by atoms with van der Waals surface area (Å²) in [5.74, 6) is 0. The summed E-state index contributed by atoms with van der Waals surface area (Å²) in [5, 5.41) is 1.05. The van der Waals surface area contributed by atoms with Crippen LogP contribution in [0, 0.1) is 0 Å². The van der Waals surface area contributed by atoms with E-state index in [0.717, 1.165) is 0 Å². The van der Waals surface area contributed by atoms with Crippen LogP contribution >= 0.6 is 11.6 Å².